The molecule has 2 aromatic heterocycles. The second-order valence-corrected chi connectivity index (χ2v) is 7.50. The van der Waals surface area contributed by atoms with Crippen LogP contribution in [0.2, 0.25) is 0 Å². The topological polar surface area (TPSA) is 113 Å². The van der Waals surface area contributed by atoms with E-state index >= 15 is 0 Å². The van der Waals surface area contributed by atoms with Crippen LogP contribution < -0.4 is 15.8 Å². The number of rotatable bonds is 6. The van der Waals surface area contributed by atoms with Crippen LogP contribution in [0.25, 0.3) is 0 Å². The number of hydrogen-bond donors (Lipinski definition) is 2. The van der Waals surface area contributed by atoms with Crippen LogP contribution in [0.15, 0.2) is 45.7 Å². The SMILES string of the molecule is Cc1noc(C)c1C(=O)NC(Cc1cc(=O)[nH]c(N2CCOCC2)n1)c1ccccc1. The van der Waals surface area contributed by atoms with Crippen molar-refractivity contribution in [2.45, 2.75) is 26.3 Å². The molecule has 1 saturated heterocycles. The Kier molecular flexibility index (Phi) is 6.13. The number of hydrogen-bond acceptors (Lipinski definition) is 7. The molecule has 1 aliphatic rings. The molecule has 1 aromatic carbocycles. The Balaban J connectivity index is 1.62. The van der Waals surface area contributed by atoms with E-state index in [0.717, 1.165) is 5.56 Å². The molecule has 1 unspecified atom stereocenters. The summed E-state index contributed by atoms with van der Waals surface area (Å²) in [5.74, 6) is 0.712. The van der Waals surface area contributed by atoms with Crippen LogP contribution in [-0.2, 0) is 11.2 Å². The number of aromatic nitrogens is 3. The molecule has 162 valence electrons. The first kappa shape index (κ1) is 20.8. The van der Waals surface area contributed by atoms with Crippen LogP contribution in [0.3, 0.4) is 0 Å². The summed E-state index contributed by atoms with van der Waals surface area (Å²) in [7, 11) is 0. The summed E-state index contributed by atoms with van der Waals surface area (Å²) in [5.41, 5.74) is 2.24. The van der Waals surface area contributed by atoms with Gasteiger partial charge in [0.15, 0.2) is 0 Å². The summed E-state index contributed by atoms with van der Waals surface area (Å²) in [4.78, 5) is 34.7. The van der Waals surface area contributed by atoms with E-state index in [1.807, 2.05) is 35.2 Å². The molecule has 9 heteroatoms. The van der Waals surface area contributed by atoms with Crippen LogP contribution >= 0.6 is 0 Å². The van der Waals surface area contributed by atoms with Crippen molar-refractivity contribution in [3.8, 4) is 0 Å². The highest BCUT2D eigenvalue weighted by Gasteiger charge is 2.23. The van der Waals surface area contributed by atoms with Gasteiger partial charge in [-0.2, -0.15) is 0 Å². The molecule has 3 aromatic rings. The molecular weight excluding hydrogens is 398 g/mol. The zero-order valence-corrected chi connectivity index (χ0v) is 17.6. The Bertz CT molecular complexity index is 1080. The summed E-state index contributed by atoms with van der Waals surface area (Å²) in [6.07, 6.45) is 0.361. The normalized spacial score (nSPS) is 15.0. The first-order chi connectivity index (χ1) is 15.0. The molecule has 4 rings (SSSR count). The summed E-state index contributed by atoms with van der Waals surface area (Å²) in [6.45, 7) is 5.95. The van der Waals surface area contributed by atoms with Crippen LogP contribution in [0.5, 0.6) is 0 Å². The number of nitrogens with zero attached hydrogens (tertiary/aromatic N) is 3. The summed E-state index contributed by atoms with van der Waals surface area (Å²) >= 11 is 0. The minimum Gasteiger partial charge on any atom is -0.378 e. The molecule has 1 fully saturated rings. The number of nitrogens with one attached hydrogen (secondary N) is 2. The van der Waals surface area contributed by atoms with Crippen molar-refractivity contribution in [1.29, 1.82) is 0 Å². The number of amides is 1. The Hall–Kier alpha value is -3.46. The minimum absolute atomic E-state index is 0.227. The van der Waals surface area contributed by atoms with E-state index in [0.29, 0.717) is 61.4 Å². The fraction of sp³-hybridized carbons (Fsp3) is 0.364. The van der Waals surface area contributed by atoms with Gasteiger partial charge in [0.05, 0.1) is 30.6 Å². The van der Waals surface area contributed by atoms with Crippen LogP contribution in [-0.4, -0.2) is 47.3 Å². The molecule has 0 aliphatic carbocycles. The molecule has 1 amide bonds. The second kappa shape index (κ2) is 9.13. The van der Waals surface area contributed by atoms with E-state index in [1.54, 1.807) is 13.8 Å². The molecule has 1 atom stereocenters. The lowest BCUT2D eigenvalue weighted by Gasteiger charge is -2.27. The van der Waals surface area contributed by atoms with E-state index in [9.17, 15) is 9.59 Å². The van der Waals surface area contributed by atoms with Crippen LogP contribution in [0.1, 0.15) is 39.1 Å². The van der Waals surface area contributed by atoms with Gasteiger partial charge in [-0.05, 0) is 19.4 Å². The quantitative estimate of drug-likeness (QED) is 0.623. The van der Waals surface area contributed by atoms with E-state index < -0.39 is 0 Å². The highest BCUT2D eigenvalue weighted by molar-refractivity contribution is 5.96. The molecular formula is C22H25N5O4. The Labute approximate surface area is 179 Å². The third kappa shape index (κ3) is 4.83. The molecule has 0 saturated carbocycles. The lowest BCUT2D eigenvalue weighted by molar-refractivity contribution is 0.0934. The van der Waals surface area contributed by atoms with Crippen molar-refractivity contribution in [2.75, 3.05) is 31.2 Å². The van der Waals surface area contributed by atoms with Crippen LogP contribution in [0, 0.1) is 13.8 Å². The van der Waals surface area contributed by atoms with Crippen molar-refractivity contribution in [3.05, 3.63) is 75.0 Å². The predicted octanol–water partition coefficient (Wildman–Crippen LogP) is 1.93. The van der Waals surface area contributed by atoms with Crippen molar-refractivity contribution in [3.63, 3.8) is 0 Å². The lowest BCUT2D eigenvalue weighted by atomic mass is 10.0. The highest BCUT2D eigenvalue weighted by atomic mass is 16.5. The summed E-state index contributed by atoms with van der Waals surface area (Å²) in [5, 5.41) is 6.93. The Morgan fingerprint density at radius 3 is 2.65 bits per heavy atom. The third-order valence-corrected chi connectivity index (χ3v) is 5.27. The van der Waals surface area contributed by atoms with Crippen molar-refractivity contribution < 1.29 is 14.1 Å². The molecule has 0 radical (unpaired) electrons. The van der Waals surface area contributed by atoms with Crippen LogP contribution in [0.4, 0.5) is 5.95 Å². The molecule has 1 aliphatic heterocycles. The van der Waals surface area contributed by atoms with Gasteiger partial charge in [-0.25, -0.2) is 4.98 Å². The van der Waals surface area contributed by atoms with Gasteiger partial charge in [-0.15, -0.1) is 0 Å². The number of benzene rings is 1. The maximum absolute atomic E-state index is 13.0. The number of morpholine rings is 1. The Morgan fingerprint density at radius 2 is 1.97 bits per heavy atom. The standard InChI is InChI=1S/C22H25N5O4/c1-14-20(15(2)31-26-14)21(29)24-18(16-6-4-3-5-7-16)12-17-13-19(28)25-22(23-17)27-8-10-30-11-9-27/h3-7,13,18H,8-12H2,1-2H3,(H,24,29)(H,23,25,28). The third-order valence-electron chi connectivity index (χ3n) is 5.27. The van der Waals surface area contributed by atoms with E-state index in [2.05, 4.69) is 20.4 Å². The predicted molar refractivity (Wildman–Crippen MR) is 114 cm³/mol. The van der Waals surface area contributed by atoms with Gasteiger partial charge in [0.2, 0.25) is 5.95 Å². The fourth-order valence-corrected chi connectivity index (χ4v) is 3.71. The number of aryl methyl sites for hydroxylation is 2. The van der Waals surface area contributed by atoms with Gasteiger partial charge in [0.1, 0.15) is 11.3 Å². The van der Waals surface area contributed by atoms with E-state index in [4.69, 9.17) is 9.26 Å². The molecule has 2 N–H and O–H groups in total. The van der Waals surface area contributed by atoms with Crippen molar-refractivity contribution in [1.82, 2.24) is 20.4 Å². The van der Waals surface area contributed by atoms with Crippen molar-refractivity contribution >= 4 is 11.9 Å². The van der Waals surface area contributed by atoms with Gasteiger partial charge < -0.3 is 19.5 Å². The molecule has 0 spiro atoms. The smallest absolute Gasteiger partial charge is 0.257 e. The first-order valence-electron chi connectivity index (χ1n) is 10.2. The minimum atomic E-state index is -0.380. The monoisotopic (exact) mass is 423 g/mol. The first-order valence-corrected chi connectivity index (χ1v) is 10.2. The molecule has 3 heterocycles. The number of ether oxygens (including phenoxy) is 1. The lowest BCUT2D eigenvalue weighted by Crippen LogP contribution is -2.38. The number of H-pyrrole nitrogens is 1. The molecule has 31 heavy (non-hydrogen) atoms. The summed E-state index contributed by atoms with van der Waals surface area (Å²) < 4.78 is 10.5. The number of carbonyl (C=O) groups excluding carboxylic acids is 1. The second-order valence-electron chi connectivity index (χ2n) is 7.50. The molecule has 0 bridgehead atoms. The number of anilines is 1. The van der Waals surface area contributed by atoms with Crippen molar-refractivity contribution in [2.24, 2.45) is 0 Å². The van der Waals surface area contributed by atoms with E-state index in [-0.39, 0.29) is 17.5 Å². The van der Waals surface area contributed by atoms with Gasteiger partial charge in [0, 0.05) is 25.6 Å². The maximum atomic E-state index is 13.0. The molecule has 9 nitrogen and oxygen atoms in total. The zero-order valence-electron chi connectivity index (χ0n) is 17.6. The Morgan fingerprint density at radius 1 is 1.23 bits per heavy atom. The largest absolute Gasteiger partial charge is 0.378 e. The van der Waals surface area contributed by atoms with Gasteiger partial charge in [-0.1, -0.05) is 35.5 Å². The highest BCUT2D eigenvalue weighted by Crippen LogP contribution is 2.20. The van der Waals surface area contributed by atoms with E-state index in [1.165, 1.54) is 6.07 Å². The fourth-order valence-electron chi connectivity index (χ4n) is 3.71. The van der Waals surface area contributed by atoms with Gasteiger partial charge in [-0.3, -0.25) is 14.6 Å². The number of carbonyl (C=O) groups is 1. The summed E-state index contributed by atoms with van der Waals surface area (Å²) in [6, 6.07) is 10.7. The maximum Gasteiger partial charge on any atom is 0.257 e. The average Bonchev–Trinajstić information content (AvgIpc) is 3.12. The van der Waals surface area contributed by atoms with Gasteiger partial charge in [0.25, 0.3) is 11.5 Å². The average molecular weight is 423 g/mol. The van der Waals surface area contributed by atoms with Gasteiger partial charge >= 0.3 is 0 Å². The zero-order chi connectivity index (χ0) is 21.8. The number of aromatic amines is 1.